The molecule has 0 radical (unpaired) electrons. The lowest BCUT2D eigenvalue weighted by atomic mass is 10.1. The molecule has 2 aliphatic heterocycles. The van der Waals surface area contributed by atoms with Crippen LogP contribution in [0.25, 0.3) is 0 Å². The van der Waals surface area contributed by atoms with Gasteiger partial charge in [-0.15, -0.1) is 0 Å². The molecule has 1 N–H and O–H groups in total. The van der Waals surface area contributed by atoms with Crippen molar-refractivity contribution in [3.63, 3.8) is 0 Å². The molecule has 172 valence electrons. The van der Waals surface area contributed by atoms with E-state index in [0.29, 0.717) is 38.5 Å². The van der Waals surface area contributed by atoms with Crippen molar-refractivity contribution in [2.75, 3.05) is 65.5 Å². The predicted octanol–water partition coefficient (Wildman–Crippen LogP) is 1.15. The minimum absolute atomic E-state index is 0.0317. The average molecular weight is 431 g/mol. The number of hydrogen-bond donors (Lipinski definition) is 1. The van der Waals surface area contributed by atoms with E-state index < -0.39 is 0 Å². The summed E-state index contributed by atoms with van der Waals surface area (Å²) in [5, 5.41) is 3.03. The number of morpholine rings is 1. The van der Waals surface area contributed by atoms with Crippen molar-refractivity contribution in [2.24, 2.45) is 5.92 Å². The highest BCUT2D eigenvalue weighted by atomic mass is 16.5. The minimum atomic E-state index is 0.0317. The van der Waals surface area contributed by atoms with Crippen LogP contribution in [0.15, 0.2) is 24.3 Å². The third-order valence-electron chi connectivity index (χ3n) is 6.07. The molecule has 31 heavy (non-hydrogen) atoms. The number of ether oxygens (including phenoxy) is 1. The molecule has 1 aromatic rings. The Kier molecular flexibility index (Phi) is 8.87. The van der Waals surface area contributed by atoms with Crippen LogP contribution >= 0.6 is 0 Å². The molecule has 0 aromatic heterocycles. The van der Waals surface area contributed by atoms with Crippen molar-refractivity contribution in [2.45, 2.75) is 33.3 Å². The molecular formula is C24H38N4O3. The zero-order valence-electron chi connectivity index (χ0n) is 19.3. The first-order chi connectivity index (χ1) is 14.9. The summed E-state index contributed by atoms with van der Waals surface area (Å²) in [7, 11) is 0. The van der Waals surface area contributed by atoms with Crippen molar-refractivity contribution in [1.29, 1.82) is 0 Å². The van der Waals surface area contributed by atoms with E-state index in [1.54, 1.807) is 0 Å². The average Bonchev–Trinajstić information content (AvgIpc) is 2.74. The number of carbonyl (C=O) groups is 2. The van der Waals surface area contributed by atoms with Gasteiger partial charge in [0, 0.05) is 52.4 Å². The van der Waals surface area contributed by atoms with Crippen molar-refractivity contribution >= 4 is 11.8 Å². The molecule has 7 nitrogen and oxygen atoms in total. The molecule has 1 aromatic carbocycles. The molecule has 2 aliphatic rings. The Labute approximate surface area is 186 Å². The Morgan fingerprint density at radius 3 is 2.55 bits per heavy atom. The predicted molar refractivity (Wildman–Crippen MR) is 122 cm³/mol. The van der Waals surface area contributed by atoms with Crippen LogP contribution in [0, 0.1) is 12.8 Å². The highest BCUT2D eigenvalue weighted by Gasteiger charge is 2.24. The quantitative estimate of drug-likeness (QED) is 0.670. The van der Waals surface area contributed by atoms with Crippen molar-refractivity contribution in [1.82, 2.24) is 20.0 Å². The molecule has 3 rings (SSSR count). The lowest BCUT2D eigenvalue weighted by Gasteiger charge is -2.35. The highest BCUT2D eigenvalue weighted by molar-refractivity contribution is 5.79. The smallest absolute Gasteiger partial charge is 0.234 e. The van der Waals surface area contributed by atoms with Gasteiger partial charge < -0.3 is 15.0 Å². The fourth-order valence-corrected chi connectivity index (χ4v) is 4.31. The van der Waals surface area contributed by atoms with Gasteiger partial charge in [0.15, 0.2) is 0 Å². The fraction of sp³-hybridized carbons (Fsp3) is 0.667. The normalized spacial score (nSPS) is 20.8. The Bertz CT molecular complexity index is 731. The van der Waals surface area contributed by atoms with Gasteiger partial charge in [-0.1, -0.05) is 38.1 Å². The third kappa shape index (κ3) is 7.59. The summed E-state index contributed by atoms with van der Waals surface area (Å²) in [4.78, 5) is 31.5. The van der Waals surface area contributed by atoms with Crippen molar-refractivity contribution in [3.05, 3.63) is 35.4 Å². The number of hydrogen-bond acceptors (Lipinski definition) is 5. The van der Waals surface area contributed by atoms with E-state index in [4.69, 9.17) is 4.74 Å². The zero-order valence-corrected chi connectivity index (χ0v) is 19.3. The molecule has 0 saturated carbocycles. The molecule has 2 saturated heterocycles. The van der Waals surface area contributed by atoms with Gasteiger partial charge >= 0.3 is 0 Å². The van der Waals surface area contributed by atoms with Crippen LogP contribution < -0.4 is 5.32 Å². The van der Waals surface area contributed by atoms with E-state index in [0.717, 1.165) is 50.5 Å². The molecule has 2 heterocycles. The summed E-state index contributed by atoms with van der Waals surface area (Å²) < 4.78 is 5.81. The van der Waals surface area contributed by atoms with Crippen molar-refractivity contribution < 1.29 is 14.3 Å². The maximum absolute atomic E-state index is 12.6. The number of carbonyl (C=O) groups excluding carboxylic acids is 2. The van der Waals surface area contributed by atoms with Crippen LogP contribution in [0.4, 0.5) is 0 Å². The molecule has 0 spiro atoms. The highest BCUT2D eigenvalue weighted by Crippen LogP contribution is 2.11. The number of nitrogens with one attached hydrogen (secondary N) is 1. The van der Waals surface area contributed by atoms with Gasteiger partial charge in [-0.05, 0) is 24.0 Å². The third-order valence-corrected chi connectivity index (χ3v) is 6.07. The fourth-order valence-electron chi connectivity index (χ4n) is 4.31. The number of piperazine rings is 1. The van der Waals surface area contributed by atoms with Crippen LogP contribution in [0.1, 0.15) is 25.0 Å². The number of nitrogens with zero attached hydrogens (tertiary/aromatic N) is 3. The minimum Gasteiger partial charge on any atom is -0.374 e. The second-order valence-corrected chi connectivity index (χ2v) is 9.21. The van der Waals surface area contributed by atoms with E-state index >= 15 is 0 Å². The molecule has 2 amide bonds. The zero-order chi connectivity index (χ0) is 22.2. The van der Waals surface area contributed by atoms with Crippen LogP contribution in [0.3, 0.4) is 0 Å². The molecule has 7 heteroatoms. The molecular weight excluding hydrogens is 392 g/mol. The maximum atomic E-state index is 12.6. The van der Waals surface area contributed by atoms with Gasteiger partial charge in [0.05, 0.1) is 25.7 Å². The summed E-state index contributed by atoms with van der Waals surface area (Å²) in [6, 6.07) is 8.03. The van der Waals surface area contributed by atoms with E-state index in [1.165, 1.54) is 0 Å². The standard InChI is InChI=1S/C24H38N4O3/c1-19(2)16-27-12-13-31-22(17-27)15-25-23(29)18-26-8-10-28(11-9-26)24(30)14-21-7-5-4-6-20(21)3/h4-7,19,22H,8-18H2,1-3H3,(H,25,29). The molecule has 0 aliphatic carbocycles. The van der Waals surface area contributed by atoms with Gasteiger partial charge in [0.1, 0.15) is 0 Å². The first kappa shape index (κ1) is 23.7. The number of aryl methyl sites for hydroxylation is 1. The van der Waals surface area contributed by atoms with Crippen LogP contribution in [0.5, 0.6) is 0 Å². The molecule has 0 bridgehead atoms. The molecule has 1 unspecified atom stereocenters. The van der Waals surface area contributed by atoms with Gasteiger partial charge in [0.2, 0.25) is 11.8 Å². The summed E-state index contributed by atoms with van der Waals surface area (Å²) >= 11 is 0. The summed E-state index contributed by atoms with van der Waals surface area (Å²) in [5.41, 5.74) is 2.24. The Hall–Kier alpha value is -1.96. The second-order valence-electron chi connectivity index (χ2n) is 9.21. The lowest BCUT2D eigenvalue weighted by Crippen LogP contribution is -2.52. The lowest BCUT2D eigenvalue weighted by molar-refractivity contribution is -0.132. The van der Waals surface area contributed by atoms with Crippen LogP contribution in [0.2, 0.25) is 0 Å². The van der Waals surface area contributed by atoms with Gasteiger partial charge in [-0.25, -0.2) is 0 Å². The summed E-state index contributed by atoms with van der Waals surface area (Å²) in [6.07, 6.45) is 0.509. The van der Waals surface area contributed by atoms with Gasteiger partial charge in [0.25, 0.3) is 0 Å². The number of rotatable bonds is 8. The summed E-state index contributed by atoms with van der Waals surface area (Å²) in [6.45, 7) is 13.9. The van der Waals surface area contributed by atoms with Gasteiger partial charge in [-0.3, -0.25) is 19.4 Å². The first-order valence-electron chi connectivity index (χ1n) is 11.6. The Morgan fingerprint density at radius 2 is 1.84 bits per heavy atom. The monoisotopic (exact) mass is 430 g/mol. The molecule has 2 fully saturated rings. The topological polar surface area (TPSA) is 65.1 Å². The van der Waals surface area contributed by atoms with Crippen LogP contribution in [-0.2, 0) is 20.7 Å². The van der Waals surface area contributed by atoms with Crippen molar-refractivity contribution in [3.8, 4) is 0 Å². The SMILES string of the molecule is Cc1ccccc1CC(=O)N1CCN(CC(=O)NCC2CN(CC(C)C)CCO2)CC1. The van der Waals surface area contributed by atoms with Crippen LogP contribution in [-0.4, -0.2) is 98.1 Å². The Morgan fingerprint density at radius 1 is 1.10 bits per heavy atom. The van der Waals surface area contributed by atoms with E-state index in [2.05, 4.69) is 29.0 Å². The first-order valence-corrected chi connectivity index (χ1v) is 11.6. The molecule has 1 atom stereocenters. The number of benzene rings is 1. The van der Waals surface area contributed by atoms with E-state index in [1.807, 2.05) is 36.1 Å². The maximum Gasteiger partial charge on any atom is 0.234 e. The van der Waals surface area contributed by atoms with E-state index in [9.17, 15) is 9.59 Å². The summed E-state index contributed by atoms with van der Waals surface area (Å²) in [5.74, 6) is 0.832. The largest absolute Gasteiger partial charge is 0.374 e. The second kappa shape index (κ2) is 11.6. The number of amides is 2. The Balaban J connectivity index is 1.34. The van der Waals surface area contributed by atoms with Gasteiger partial charge in [-0.2, -0.15) is 0 Å². The van der Waals surface area contributed by atoms with E-state index in [-0.39, 0.29) is 17.9 Å².